The number of likely N-dealkylation sites (N-methyl/N-ethyl adjacent to an activating group) is 1. The molecule has 8 heteroatoms. The molecule has 2 aromatic rings. The second-order valence-electron chi connectivity index (χ2n) is 7.09. The fourth-order valence-corrected chi connectivity index (χ4v) is 3.57. The number of aliphatic imine (C=N–C) groups is 1. The van der Waals surface area contributed by atoms with E-state index in [0.29, 0.717) is 18.2 Å². The van der Waals surface area contributed by atoms with E-state index in [4.69, 9.17) is 9.15 Å². The fourth-order valence-electron chi connectivity index (χ4n) is 3.57. The van der Waals surface area contributed by atoms with E-state index < -0.39 is 5.97 Å². The molecule has 1 fully saturated rings. The Bertz CT molecular complexity index is 979. The predicted octanol–water partition coefficient (Wildman–Crippen LogP) is 2.96. The van der Waals surface area contributed by atoms with E-state index in [2.05, 4.69) is 21.9 Å². The summed E-state index contributed by atoms with van der Waals surface area (Å²) in [6.45, 7) is 5.18. The molecule has 1 N–H and O–H groups in total. The summed E-state index contributed by atoms with van der Waals surface area (Å²) in [4.78, 5) is 25.3. The lowest BCUT2D eigenvalue weighted by atomic mass is 10.1. The smallest absolute Gasteiger partial charge is 0.347 e. The molecule has 0 unspecified atom stereocenters. The average molecular weight is 396 g/mol. The summed E-state index contributed by atoms with van der Waals surface area (Å²) in [5, 5.41) is 10.8. The third-order valence-corrected chi connectivity index (χ3v) is 5.09. The Balaban J connectivity index is 1.75. The number of esters is 1. The SMILES string of the molecule is CCOC(=O)c1c(N2CCCN(C)CC2)oc(/C=C2\C=Nc3ncccc32)c1O. The number of rotatable bonds is 4. The van der Waals surface area contributed by atoms with Crippen LogP contribution in [0, 0.1) is 0 Å². The van der Waals surface area contributed by atoms with Crippen molar-refractivity contribution >= 4 is 35.5 Å². The Hall–Kier alpha value is -3.13. The number of carbonyl (C=O) groups is 1. The second kappa shape index (κ2) is 8.08. The summed E-state index contributed by atoms with van der Waals surface area (Å²) in [6.07, 6.45) is 5.96. The molecule has 8 nitrogen and oxygen atoms in total. The molecule has 4 rings (SSSR count). The normalized spacial score (nSPS) is 18.1. The number of furan rings is 1. The van der Waals surface area contributed by atoms with Crippen LogP contribution in [0.5, 0.6) is 5.75 Å². The van der Waals surface area contributed by atoms with Gasteiger partial charge in [0, 0.05) is 43.2 Å². The van der Waals surface area contributed by atoms with Gasteiger partial charge in [-0.15, -0.1) is 0 Å². The summed E-state index contributed by atoms with van der Waals surface area (Å²) in [5.41, 5.74) is 1.68. The molecule has 0 spiro atoms. The van der Waals surface area contributed by atoms with Gasteiger partial charge in [0.15, 0.2) is 22.9 Å². The van der Waals surface area contributed by atoms with Gasteiger partial charge in [-0.2, -0.15) is 0 Å². The third-order valence-electron chi connectivity index (χ3n) is 5.09. The molecule has 29 heavy (non-hydrogen) atoms. The maximum Gasteiger partial charge on any atom is 0.347 e. The summed E-state index contributed by atoms with van der Waals surface area (Å²) in [5.74, 6) is 0.372. The quantitative estimate of drug-likeness (QED) is 0.795. The highest BCUT2D eigenvalue weighted by molar-refractivity contribution is 6.21. The summed E-state index contributed by atoms with van der Waals surface area (Å²) >= 11 is 0. The highest BCUT2D eigenvalue weighted by Gasteiger charge is 2.30. The molecule has 0 bridgehead atoms. The molecule has 2 aromatic heterocycles. The van der Waals surface area contributed by atoms with Gasteiger partial charge in [0.2, 0.25) is 5.88 Å². The monoisotopic (exact) mass is 396 g/mol. The number of aromatic nitrogens is 1. The fraction of sp³-hybridized carbons (Fsp3) is 0.381. The van der Waals surface area contributed by atoms with Gasteiger partial charge in [-0.3, -0.25) is 0 Å². The lowest BCUT2D eigenvalue weighted by molar-refractivity contribution is 0.0523. The first-order valence-corrected chi connectivity index (χ1v) is 9.76. The Morgan fingerprint density at radius 3 is 3.03 bits per heavy atom. The number of hydrogen-bond acceptors (Lipinski definition) is 8. The van der Waals surface area contributed by atoms with Gasteiger partial charge < -0.3 is 24.1 Å². The van der Waals surface area contributed by atoms with Crippen molar-refractivity contribution in [1.82, 2.24) is 9.88 Å². The van der Waals surface area contributed by atoms with Crippen molar-refractivity contribution < 1.29 is 19.1 Å². The third kappa shape index (κ3) is 3.75. The minimum Gasteiger partial charge on any atom is -0.504 e. The zero-order valence-electron chi connectivity index (χ0n) is 16.6. The van der Waals surface area contributed by atoms with Gasteiger partial charge in [0.05, 0.1) is 6.61 Å². The molecule has 4 heterocycles. The van der Waals surface area contributed by atoms with Crippen LogP contribution in [0.15, 0.2) is 27.7 Å². The van der Waals surface area contributed by atoms with Crippen LogP contribution in [0.2, 0.25) is 0 Å². The first kappa shape index (κ1) is 19.2. The molecule has 2 aliphatic rings. The highest BCUT2D eigenvalue weighted by Crippen LogP contribution is 2.40. The van der Waals surface area contributed by atoms with Crippen LogP contribution >= 0.6 is 0 Å². The molecule has 0 aromatic carbocycles. The molecule has 0 saturated carbocycles. The van der Waals surface area contributed by atoms with E-state index in [9.17, 15) is 9.90 Å². The molecular formula is C21H24N4O4. The van der Waals surface area contributed by atoms with Gasteiger partial charge >= 0.3 is 5.97 Å². The van der Waals surface area contributed by atoms with Gasteiger partial charge in [-0.25, -0.2) is 14.8 Å². The number of nitrogens with zero attached hydrogens (tertiary/aromatic N) is 4. The predicted molar refractivity (Wildman–Crippen MR) is 111 cm³/mol. The number of carbonyl (C=O) groups excluding carboxylic acids is 1. The van der Waals surface area contributed by atoms with E-state index in [-0.39, 0.29) is 23.7 Å². The van der Waals surface area contributed by atoms with Crippen molar-refractivity contribution in [3.63, 3.8) is 0 Å². The number of fused-ring (bicyclic) bond motifs is 1. The lowest BCUT2D eigenvalue weighted by Gasteiger charge is -2.20. The van der Waals surface area contributed by atoms with Crippen LogP contribution < -0.4 is 4.90 Å². The van der Waals surface area contributed by atoms with Crippen LogP contribution in [0.3, 0.4) is 0 Å². The molecule has 0 aliphatic carbocycles. The molecule has 2 aliphatic heterocycles. The number of hydrogen-bond donors (Lipinski definition) is 1. The van der Waals surface area contributed by atoms with Crippen LogP contribution in [-0.2, 0) is 4.74 Å². The number of anilines is 1. The Kier molecular flexibility index (Phi) is 5.35. The number of ether oxygens (including phenoxy) is 1. The van der Waals surface area contributed by atoms with Crippen molar-refractivity contribution in [1.29, 1.82) is 0 Å². The van der Waals surface area contributed by atoms with Crippen molar-refractivity contribution in [2.45, 2.75) is 13.3 Å². The van der Waals surface area contributed by atoms with Crippen molar-refractivity contribution in [2.24, 2.45) is 4.99 Å². The first-order valence-electron chi connectivity index (χ1n) is 9.76. The molecular weight excluding hydrogens is 372 g/mol. The number of aromatic hydroxyl groups is 1. The molecule has 0 radical (unpaired) electrons. The molecule has 1 saturated heterocycles. The summed E-state index contributed by atoms with van der Waals surface area (Å²) in [7, 11) is 2.07. The zero-order chi connectivity index (χ0) is 20.4. The van der Waals surface area contributed by atoms with Crippen LogP contribution in [-0.4, -0.2) is 67.0 Å². The van der Waals surface area contributed by atoms with E-state index in [1.54, 1.807) is 25.4 Å². The second-order valence-corrected chi connectivity index (χ2v) is 7.09. The first-order chi connectivity index (χ1) is 14.1. The summed E-state index contributed by atoms with van der Waals surface area (Å²) in [6, 6.07) is 3.73. The maximum atomic E-state index is 12.6. The van der Waals surface area contributed by atoms with E-state index in [1.165, 1.54) is 0 Å². The summed E-state index contributed by atoms with van der Waals surface area (Å²) < 4.78 is 11.2. The van der Waals surface area contributed by atoms with Gasteiger partial charge in [0.25, 0.3) is 0 Å². The minimum absolute atomic E-state index is 0.0737. The Morgan fingerprint density at radius 1 is 1.34 bits per heavy atom. The highest BCUT2D eigenvalue weighted by atomic mass is 16.5. The topological polar surface area (TPSA) is 91.4 Å². The van der Waals surface area contributed by atoms with Crippen molar-refractivity contribution in [3.8, 4) is 5.75 Å². The van der Waals surface area contributed by atoms with Crippen LogP contribution in [0.1, 0.15) is 35.0 Å². The van der Waals surface area contributed by atoms with E-state index in [1.807, 2.05) is 17.0 Å². The largest absolute Gasteiger partial charge is 0.504 e. The lowest BCUT2D eigenvalue weighted by Crippen LogP contribution is -2.29. The van der Waals surface area contributed by atoms with E-state index >= 15 is 0 Å². The maximum absolute atomic E-state index is 12.6. The van der Waals surface area contributed by atoms with Gasteiger partial charge in [-0.1, -0.05) is 0 Å². The van der Waals surface area contributed by atoms with Crippen molar-refractivity contribution in [2.75, 3.05) is 44.7 Å². The minimum atomic E-state index is -0.590. The molecule has 0 amide bonds. The van der Waals surface area contributed by atoms with Gasteiger partial charge in [-0.05, 0) is 45.1 Å². The van der Waals surface area contributed by atoms with Crippen LogP contribution in [0.25, 0.3) is 11.6 Å². The number of allylic oxidation sites excluding steroid dienone is 1. The number of pyridine rings is 1. The molecule has 0 atom stereocenters. The Labute approximate surface area is 169 Å². The average Bonchev–Trinajstić information content (AvgIpc) is 3.18. The standard InChI is InChI=1S/C21H24N4O4/c1-3-28-21(27)17-18(26)16(12-14-13-23-19-15(14)6-4-7-22-19)29-20(17)25-9-5-8-24(2)10-11-25/h4,6-7,12-13,26H,3,5,8-11H2,1-2H3/b14-12+. The van der Waals surface area contributed by atoms with Gasteiger partial charge in [0.1, 0.15) is 0 Å². The van der Waals surface area contributed by atoms with Crippen LogP contribution in [0.4, 0.5) is 11.7 Å². The Morgan fingerprint density at radius 2 is 2.21 bits per heavy atom. The van der Waals surface area contributed by atoms with Crippen molar-refractivity contribution in [3.05, 3.63) is 35.2 Å². The molecule has 152 valence electrons. The van der Waals surface area contributed by atoms with E-state index in [0.717, 1.165) is 37.2 Å². The zero-order valence-corrected chi connectivity index (χ0v) is 16.6.